The Labute approximate surface area is 124 Å². The third-order valence-electron chi connectivity index (χ3n) is 3.02. The molecule has 20 heavy (non-hydrogen) atoms. The van der Waals surface area contributed by atoms with Crippen molar-refractivity contribution in [2.24, 2.45) is 5.92 Å². The SMILES string of the molecule is CCc1sc(C(=O)N(CCC(=O)O)CC(C)C)cc1C. The van der Waals surface area contributed by atoms with Crippen molar-refractivity contribution in [1.82, 2.24) is 4.90 Å². The summed E-state index contributed by atoms with van der Waals surface area (Å²) < 4.78 is 0. The van der Waals surface area contributed by atoms with Gasteiger partial charge >= 0.3 is 5.97 Å². The Bertz CT molecular complexity index is 479. The summed E-state index contributed by atoms with van der Waals surface area (Å²) in [5.74, 6) is -0.602. The van der Waals surface area contributed by atoms with Gasteiger partial charge < -0.3 is 10.0 Å². The molecule has 0 radical (unpaired) electrons. The monoisotopic (exact) mass is 297 g/mol. The zero-order valence-electron chi connectivity index (χ0n) is 12.6. The third-order valence-corrected chi connectivity index (χ3v) is 4.39. The van der Waals surface area contributed by atoms with E-state index in [2.05, 4.69) is 6.92 Å². The Morgan fingerprint density at radius 2 is 2.05 bits per heavy atom. The second-order valence-electron chi connectivity index (χ2n) is 5.36. The molecule has 1 aromatic heterocycles. The molecule has 0 aromatic carbocycles. The highest BCUT2D eigenvalue weighted by Crippen LogP contribution is 2.24. The summed E-state index contributed by atoms with van der Waals surface area (Å²) in [6.07, 6.45) is 0.909. The Hall–Kier alpha value is -1.36. The molecule has 1 amide bonds. The van der Waals surface area contributed by atoms with Gasteiger partial charge in [0.15, 0.2) is 0 Å². The summed E-state index contributed by atoms with van der Waals surface area (Å²) in [6, 6.07) is 1.92. The van der Waals surface area contributed by atoms with E-state index in [1.807, 2.05) is 26.8 Å². The van der Waals surface area contributed by atoms with Gasteiger partial charge in [0.25, 0.3) is 5.91 Å². The Kier molecular flexibility index (Phi) is 6.20. The normalized spacial score (nSPS) is 10.8. The molecule has 0 aliphatic carbocycles. The molecule has 0 atom stereocenters. The van der Waals surface area contributed by atoms with Crippen LogP contribution >= 0.6 is 11.3 Å². The largest absolute Gasteiger partial charge is 0.481 e. The Morgan fingerprint density at radius 3 is 2.50 bits per heavy atom. The second-order valence-corrected chi connectivity index (χ2v) is 6.50. The van der Waals surface area contributed by atoms with Gasteiger partial charge in [-0.3, -0.25) is 9.59 Å². The van der Waals surface area contributed by atoms with Crippen molar-refractivity contribution in [1.29, 1.82) is 0 Å². The number of hydrogen-bond donors (Lipinski definition) is 1. The van der Waals surface area contributed by atoms with E-state index in [-0.39, 0.29) is 18.9 Å². The number of thiophene rings is 1. The van der Waals surface area contributed by atoms with E-state index in [1.54, 1.807) is 4.90 Å². The van der Waals surface area contributed by atoms with Gasteiger partial charge in [0, 0.05) is 18.0 Å². The summed E-state index contributed by atoms with van der Waals surface area (Å²) >= 11 is 1.52. The highest BCUT2D eigenvalue weighted by Gasteiger charge is 2.20. The number of amides is 1. The zero-order valence-corrected chi connectivity index (χ0v) is 13.4. The lowest BCUT2D eigenvalue weighted by Crippen LogP contribution is -2.35. The van der Waals surface area contributed by atoms with Crippen LogP contribution in [0.25, 0.3) is 0 Å². The minimum Gasteiger partial charge on any atom is -0.481 e. The molecule has 0 unspecified atom stereocenters. The average Bonchev–Trinajstić information content (AvgIpc) is 2.74. The predicted molar refractivity (Wildman–Crippen MR) is 81.4 cm³/mol. The van der Waals surface area contributed by atoms with Crippen molar-refractivity contribution < 1.29 is 14.7 Å². The summed E-state index contributed by atoms with van der Waals surface area (Å²) in [7, 11) is 0. The molecule has 0 bridgehead atoms. The molecule has 1 N–H and O–H groups in total. The van der Waals surface area contributed by atoms with Gasteiger partial charge in [-0.15, -0.1) is 11.3 Å². The van der Waals surface area contributed by atoms with E-state index < -0.39 is 5.97 Å². The number of carboxylic acid groups (broad SMARTS) is 1. The number of carbonyl (C=O) groups excluding carboxylic acids is 1. The highest BCUT2D eigenvalue weighted by atomic mass is 32.1. The number of carbonyl (C=O) groups is 2. The number of rotatable bonds is 7. The fourth-order valence-corrected chi connectivity index (χ4v) is 3.16. The van der Waals surface area contributed by atoms with E-state index >= 15 is 0 Å². The van der Waals surface area contributed by atoms with Gasteiger partial charge in [-0.1, -0.05) is 20.8 Å². The first-order chi connectivity index (χ1) is 9.35. The first kappa shape index (κ1) is 16.7. The van der Waals surface area contributed by atoms with Crippen LogP contribution in [0.15, 0.2) is 6.07 Å². The van der Waals surface area contributed by atoms with Crippen LogP contribution in [-0.2, 0) is 11.2 Å². The van der Waals surface area contributed by atoms with Crippen molar-refractivity contribution in [2.75, 3.05) is 13.1 Å². The lowest BCUT2D eigenvalue weighted by Gasteiger charge is -2.23. The molecule has 0 aliphatic rings. The van der Waals surface area contributed by atoms with Crippen LogP contribution in [0.2, 0.25) is 0 Å². The van der Waals surface area contributed by atoms with E-state index in [0.29, 0.717) is 17.3 Å². The average molecular weight is 297 g/mol. The number of hydrogen-bond acceptors (Lipinski definition) is 3. The molecule has 4 nitrogen and oxygen atoms in total. The molecule has 0 saturated carbocycles. The van der Waals surface area contributed by atoms with Gasteiger partial charge in [-0.05, 0) is 30.9 Å². The fraction of sp³-hybridized carbons (Fsp3) is 0.600. The van der Waals surface area contributed by atoms with Gasteiger partial charge in [-0.25, -0.2) is 0 Å². The second kappa shape index (κ2) is 7.43. The minimum atomic E-state index is -0.872. The Morgan fingerprint density at radius 1 is 1.40 bits per heavy atom. The molecule has 112 valence electrons. The molecule has 1 heterocycles. The van der Waals surface area contributed by atoms with Crippen LogP contribution in [0.3, 0.4) is 0 Å². The van der Waals surface area contributed by atoms with Crippen LogP contribution in [0.1, 0.15) is 47.3 Å². The molecule has 0 saturated heterocycles. The van der Waals surface area contributed by atoms with Crippen LogP contribution in [0, 0.1) is 12.8 Å². The maximum atomic E-state index is 12.5. The van der Waals surface area contributed by atoms with Crippen LogP contribution < -0.4 is 0 Å². The summed E-state index contributed by atoms with van der Waals surface area (Å²) in [4.78, 5) is 26.8. The van der Waals surface area contributed by atoms with Crippen LogP contribution in [-0.4, -0.2) is 35.0 Å². The number of carboxylic acids is 1. The van der Waals surface area contributed by atoms with Gasteiger partial charge in [0.2, 0.25) is 0 Å². The van der Waals surface area contributed by atoms with E-state index in [0.717, 1.165) is 12.0 Å². The third kappa shape index (κ3) is 4.63. The van der Waals surface area contributed by atoms with Crippen molar-refractivity contribution in [3.05, 3.63) is 21.4 Å². The molecule has 1 aromatic rings. The van der Waals surface area contributed by atoms with E-state index in [4.69, 9.17) is 5.11 Å². The van der Waals surface area contributed by atoms with Crippen LogP contribution in [0.4, 0.5) is 0 Å². The van der Waals surface area contributed by atoms with E-state index in [1.165, 1.54) is 16.2 Å². The minimum absolute atomic E-state index is 0.0105. The van der Waals surface area contributed by atoms with Crippen molar-refractivity contribution in [3.8, 4) is 0 Å². The fourth-order valence-electron chi connectivity index (χ4n) is 2.08. The van der Waals surface area contributed by atoms with Crippen molar-refractivity contribution >= 4 is 23.2 Å². The molecular weight excluding hydrogens is 274 g/mol. The Balaban J connectivity index is 2.87. The first-order valence-corrected chi connectivity index (χ1v) is 7.77. The van der Waals surface area contributed by atoms with Crippen molar-refractivity contribution in [2.45, 2.75) is 40.5 Å². The summed E-state index contributed by atoms with van der Waals surface area (Å²) in [6.45, 7) is 8.99. The highest BCUT2D eigenvalue weighted by molar-refractivity contribution is 7.14. The smallest absolute Gasteiger partial charge is 0.305 e. The van der Waals surface area contributed by atoms with Crippen LogP contribution in [0.5, 0.6) is 0 Å². The predicted octanol–water partition coefficient (Wildman–Crippen LogP) is 3.19. The molecule has 0 aliphatic heterocycles. The van der Waals surface area contributed by atoms with E-state index in [9.17, 15) is 9.59 Å². The van der Waals surface area contributed by atoms with Gasteiger partial charge in [0.05, 0.1) is 11.3 Å². The molecule has 5 heteroatoms. The maximum absolute atomic E-state index is 12.5. The number of nitrogens with zero attached hydrogens (tertiary/aromatic N) is 1. The quantitative estimate of drug-likeness (QED) is 0.841. The lowest BCUT2D eigenvalue weighted by atomic mass is 10.2. The molecule has 0 spiro atoms. The summed E-state index contributed by atoms with van der Waals surface area (Å²) in [5, 5.41) is 8.80. The summed E-state index contributed by atoms with van der Waals surface area (Å²) in [5.41, 5.74) is 1.14. The number of aryl methyl sites for hydroxylation is 2. The first-order valence-electron chi connectivity index (χ1n) is 6.95. The van der Waals surface area contributed by atoms with Crippen molar-refractivity contribution in [3.63, 3.8) is 0 Å². The van der Waals surface area contributed by atoms with Gasteiger partial charge in [0.1, 0.15) is 0 Å². The topological polar surface area (TPSA) is 57.6 Å². The molecular formula is C15H23NO3S. The van der Waals surface area contributed by atoms with Gasteiger partial charge in [-0.2, -0.15) is 0 Å². The number of aliphatic carboxylic acids is 1. The lowest BCUT2D eigenvalue weighted by molar-refractivity contribution is -0.137. The maximum Gasteiger partial charge on any atom is 0.305 e. The molecule has 0 fully saturated rings. The zero-order chi connectivity index (χ0) is 15.3. The standard InChI is InChI=1S/C15H23NO3S/c1-5-12-11(4)8-13(20-12)15(19)16(9-10(2)3)7-6-14(17)18/h8,10H,5-7,9H2,1-4H3,(H,17,18). The molecule has 1 rings (SSSR count).